The predicted molar refractivity (Wildman–Crippen MR) is 100 cm³/mol. The first-order valence-corrected chi connectivity index (χ1v) is 9.69. The summed E-state index contributed by atoms with van der Waals surface area (Å²) >= 11 is 0. The number of nitrogens with zero attached hydrogens (tertiary/aromatic N) is 2. The molecule has 0 aromatic heterocycles. The molecule has 0 aliphatic carbocycles. The molecule has 1 aromatic carbocycles. The first kappa shape index (κ1) is 17.9. The summed E-state index contributed by atoms with van der Waals surface area (Å²) < 4.78 is 0. The van der Waals surface area contributed by atoms with Gasteiger partial charge < -0.3 is 5.11 Å². The van der Waals surface area contributed by atoms with Crippen molar-refractivity contribution < 1.29 is 5.11 Å². The minimum atomic E-state index is -0.573. The Morgan fingerprint density at radius 3 is 2.38 bits per heavy atom. The maximum atomic E-state index is 9.83. The molecule has 1 atom stereocenters. The lowest BCUT2D eigenvalue weighted by Crippen LogP contribution is -2.61. The standard InChI is InChI=1S/C21H34N2O/c1-17-6-4-5-13-23(17)20-15-22(16-20)14-19-9-7-18(8-10-19)11-12-21(2,3)24/h7-10,17,20,24H,4-6,11-16H2,1-3H3/t17-/m1/s1. The van der Waals surface area contributed by atoms with Gasteiger partial charge in [-0.1, -0.05) is 30.7 Å². The highest BCUT2D eigenvalue weighted by atomic mass is 16.3. The summed E-state index contributed by atoms with van der Waals surface area (Å²) in [5.41, 5.74) is 2.16. The molecule has 2 heterocycles. The van der Waals surface area contributed by atoms with Crippen molar-refractivity contribution in [2.75, 3.05) is 19.6 Å². The lowest BCUT2D eigenvalue weighted by atomic mass is 9.96. The number of piperidine rings is 1. The number of rotatable bonds is 6. The number of likely N-dealkylation sites (tertiary alicyclic amines) is 2. The number of hydrogen-bond donors (Lipinski definition) is 1. The van der Waals surface area contributed by atoms with Crippen LogP contribution in [0.25, 0.3) is 0 Å². The zero-order chi connectivity index (χ0) is 17.2. The van der Waals surface area contributed by atoms with E-state index in [1.54, 1.807) is 0 Å². The van der Waals surface area contributed by atoms with Crippen LogP contribution in [0.15, 0.2) is 24.3 Å². The molecule has 134 valence electrons. The Hall–Kier alpha value is -0.900. The Balaban J connectivity index is 1.43. The van der Waals surface area contributed by atoms with Crippen LogP contribution in [-0.2, 0) is 13.0 Å². The molecule has 0 amide bonds. The highest BCUT2D eigenvalue weighted by Gasteiger charge is 2.34. The Morgan fingerprint density at radius 1 is 1.08 bits per heavy atom. The summed E-state index contributed by atoms with van der Waals surface area (Å²) in [6, 6.07) is 10.5. The largest absolute Gasteiger partial charge is 0.390 e. The van der Waals surface area contributed by atoms with Crippen molar-refractivity contribution in [1.82, 2.24) is 9.80 Å². The highest BCUT2D eigenvalue weighted by molar-refractivity contribution is 5.23. The van der Waals surface area contributed by atoms with Gasteiger partial charge in [-0.2, -0.15) is 0 Å². The summed E-state index contributed by atoms with van der Waals surface area (Å²) in [5.74, 6) is 0. The van der Waals surface area contributed by atoms with Crippen LogP contribution in [0.4, 0.5) is 0 Å². The topological polar surface area (TPSA) is 26.7 Å². The third kappa shape index (κ3) is 4.81. The molecule has 0 unspecified atom stereocenters. The number of hydrogen-bond acceptors (Lipinski definition) is 3. The summed E-state index contributed by atoms with van der Waals surface area (Å²) in [6.07, 6.45) is 5.93. The van der Waals surface area contributed by atoms with Crippen LogP contribution < -0.4 is 0 Å². The van der Waals surface area contributed by atoms with Crippen molar-refractivity contribution in [3.8, 4) is 0 Å². The van der Waals surface area contributed by atoms with Crippen LogP contribution in [0.1, 0.15) is 57.6 Å². The molecule has 3 heteroatoms. The van der Waals surface area contributed by atoms with Crippen LogP contribution in [0, 0.1) is 0 Å². The normalized spacial score (nSPS) is 24.1. The van der Waals surface area contributed by atoms with Gasteiger partial charge in [-0.3, -0.25) is 9.80 Å². The van der Waals surface area contributed by atoms with E-state index in [2.05, 4.69) is 41.0 Å². The van der Waals surface area contributed by atoms with Gasteiger partial charge >= 0.3 is 0 Å². The molecule has 0 spiro atoms. The fourth-order valence-corrected chi connectivity index (χ4v) is 4.06. The van der Waals surface area contributed by atoms with Gasteiger partial charge in [0.1, 0.15) is 0 Å². The van der Waals surface area contributed by atoms with E-state index in [9.17, 15) is 5.11 Å². The fraction of sp³-hybridized carbons (Fsp3) is 0.714. The summed E-state index contributed by atoms with van der Waals surface area (Å²) in [4.78, 5) is 5.30. The average Bonchev–Trinajstić information content (AvgIpc) is 2.50. The van der Waals surface area contributed by atoms with E-state index >= 15 is 0 Å². The summed E-state index contributed by atoms with van der Waals surface area (Å²) in [5, 5.41) is 9.83. The van der Waals surface area contributed by atoms with Gasteiger partial charge in [-0.25, -0.2) is 0 Å². The average molecular weight is 331 g/mol. The van der Waals surface area contributed by atoms with Gasteiger partial charge in [-0.05, 0) is 64.1 Å². The molecule has 1 N–H and O–H groups in total. The Morgan fingerprint density at radius 2 is 1.75 bits per heavy atom. The molecule has 2 aliphatic rings. The lowest BCUT2D eigenvalue weighted by molar-refractivity contribution is -0.00620. The zero-order valence-electron chi connectivity index (χ0n) is 15.7. The van der Waals surface area contributed by atoms with Gasteiger partial charge in [0.15, 0.2) is 0 Å². The third-order valence-electron chi connectivity index (χ3n) is 5.72. The molecule has 0 saturated carbocycles. The molecule has 3 rings (SSSR count). The molecule has 1 aromatic rings. The molecule has 2 saturated heterocycles. The summed E-state index contributed by atoms with van der Waals surface area (Å²) in [7, 11) is 0. The lowest BCUT2D eigenvalue weighted by Gasteiger charge is -2.49. The molecular formula is C21H34N2O. The van der Waals surface area contributed by atoms with E-state index in [-0.39, 0.29) is 0 Å². The SMILES string of the molecule is C[C@@H]1CCCCN1C1CN(Cc2ccc(CCC(C)(C)O)cc2)C1. The number of benzene rings is 1. The van der Waals surface area contributed by atoms with Crippen LogP contribution in [-0.4, -0.2) is 52.2 Å². The monoisotopic (exact) mass is 330 g/mol. The van der Waals surface area contributed by atoms with Crippen LogP contribution in [0.3, 0.4) is 0 Å². The van der Waals surface area contributed by atoms with Crippen molar-refractivity contribution in [2.45, 2.75) is 77.1 Å². The van der Waals surface area contributed by atoms with Crippen molar-refractivity contribution in [3.05, 3.63) is 35.4 Å². The van der Waals surface area contributed by atoms with Crippen LogP contribution >= 0.6 is 0 Å². The van der Waals surface area contributed by atoms with Crippen molar-refractivity contribution in [1.29, 1.82) is 0 Å². The minimum Gasteiger partial charge on any atom is -0.390 e. The Kier molecular flexibility index (Phi) is 5.63. The Labute approximate surface area is 147 Å². The second-order valence-electron chi connectivity index (χ2n) is 8.56. The zero-order valence-corrected chi connectivity index (χ0v) is 15.7. The molecule has 0 radical (unpaired) electrons. The second-order valence-corrected chi connectivity index (χ2v) is 8.56. The smallest absolute Gasteiger partial charge is 0.0594 e. The van der Waals surface area contributed by atoms with Crippen LogP contribution in [0.2, 0.25) is 0 Å². The quantitative estimate of drug-likeness (QED) is 0.865. The van der Waals surface area contributed by atoms with E-state index in [4.69, 9.17) is 0 Å². The summed E-state index contributed by atoms with van der Waals surface area (Å²) in [6.45, 7) is 11.0. The first-order valence-electron chi connectivity index (χ1n) is 9.69. The Bertz CT molecular complexity index is 514. The molecule has 2 aliphatic heterocycles. The van der Waals surface area contributed by atoms with Gasteiger partial charge in [0.05, 0.1) is 5.60 Å². The van der Waals surface area contributed by atoms with E-state index in [1.165, 1.54) is 50.0 Å². The molecule has 0 bridgehead atoms. The third-order valence-corrected chi connectivity index (χ3v) is 5.72. The van der Waals surface area contributed by atoms with E-state index in [0.717, 1.165) is 31.5 Å². The van der Waals surface area contributed by atoms with Crippen molar-refractivity contribution >= 4 is 0 Å². The van der Waals surface area contributed by atoms with Gasteiger partial charge in [0, 0.05) is 31.7 Å². The van der Waals surface area contributed by atoms with E-state index in [1.807, 2.05) is 13.8 Å². The molecule has 24 heavy (non-hydrogen) atoms. The molecule has 3 nitrogen and oxygen atoms in total. The minimum absolute atomic E-state index is 0.573. The number of aryl methyl sites for hydroxylation is 1. The van der Waals surface area contributed by atoms with E-state index in [0.29, 0.717) is 0 Å². The van der Waals surface area contributed by atoms with Crippen molar-refractivity contribution in [2.24, 2.45) is 0 Å². The first-order chi connectivity index (χ1) is 11.4. The van der Waals surface area contributed by atoms with Gasteiger partial charge in [-0.15, -0.1) is 0 Å². The number of aliphatic hydroxyl groups is 1. The maximum Gasteiger partial charge on any atom is 0.0594 e. The van der Waals surface area contributed by atoms with Gasteiger partial charge in [0.2, 0.25) is 0 Å². The maximum absolute atomic E-state index is 9.83. The van der Waals surface area contributed by atoms with Crippen molar-refractivity contribution in [3.63, 3.8) is 0 Å². The van der Waals surface area contributed by atoms with E-state index < -0.39 is 5.60 Å². The predicted octanol–water partition coefficient (Wildman–Crippen LogP) is 3.45. The second kappa shape index (κ2) is 7.55. The fourth-order valence-electron chi connectivity index (χ4n) is 4.06. The highest BCUT2D eigenvalue weighted by Crippen LogP contribution is 2.25. The van der Waals surface area contributed by atoms with Gasteiger partial charge in [0.25, 0.3) is 0 Å². The molecular weight excluding hydrogens is 296 g/mol. The molecule has 2 fully saturated rings. The van der Waals surface area contributed by atoms with Crippen LogP contribution in [0.5, 0.6) is 0 Å².